The normalized spacial score (nSPS) is 18.0. The first-order valence-electron chi connectivity index (χ1n) is 11.2. The fourth-order valence-corrected chi connectivity index (χ4v) is 6.00. The average Bonchev–Trinajstić information content (AvgIpc) is 2.88. The largest absolute Gasteiger partial charge is 0.493 e. The molecular formula is C25H30N2O5S. The number of nitrogens with zero attached hydrogens (tertiary/aromatic N) is 2. The second kappa shape index (κ2) is 9.97. The summed E-state index contributed by atoms with van der Waals surface area (Å²) in [6, 6.07) is 14.8. The molecule has 2 aromatic rings. The molecule has 0 aromatic heterocycles. The molecular weight excluding hydrogens is 440 g/mol. The average molecular weight is 471 g/mol. The van der Waals surface area contributed by atoms with Crippen molar-refractivity contribution in [3.63, 3.8) is 0 Å². The van der Waals surface area contributed by atoms with Crippen LogP contribution in [0, 0.1) is 5.92 Å². The van der Waals surface area contributed by atoms with Crippen LogP contribution < -0.4 is 9.47 Å². The number of rotatable bonds is 6. The molecule has 8 heteroatoms. The van der Waals surface area contributed by atoms with Crippen LogP contribution in [0.25, 0.3) is 5.57 Å². The van der Waals surface area contributed by atoms with Crippen molar-refractivity contribution < 1.29 is 22.7 Å². The lowest BCUT2D eigenvalue weighted by Gasteiger charge is -2.35. The van der Waals surface area contributed by atoms with Gasteiger partial charge in [0.25, 0.3) is 0 Å². The van der Waals surface area contributed by atoms with E-state index in [1.165, 1.54) is 41.8 Å². The Labute approximate surface area is 195 Å². The summed E-state index contributed by atoms with van der Waals surface area (Å²) in [5.74, 6) is 0.832. The topological polar surface area (TPSA) is 76.2 Å². The van der Waals surface area contributed by atoms with Gasteiger partial charge in [-0.15, -0.1) is 0 Å². The molecule has 1 amide bonds. The predicted molar refractivity (Wildman–Crippen MR) is 127 cm³/mol. The molecule has 0 aliphatic carbocycles. The van der Waals surface area contributed by atoms with E-state index >= 15 is 0 Å². The lowest BCUT2D eigenvalue weighted by molar-refractivity contribution is -0.136. The van der Waals surface area contributed by atoms with Crippen LogP contribution in [0.5, 0.6) is 11.5 Å². The third kappa shape index (κ3) is 4.91. The third-order valence-electron chi connectivity index (χ3n) is 6.46. The highest BCUT2D eigenvalue weighted by atomic mass is 32.2. The molecule has 176 valence electrons. The quantitative estimate of drug-likeness (QED) is 0.647. The molecule has 1 fully saturated rings. The number of amides is 1. The molecule has 0 N–H and O–H groups in total. The standard InChI is InChI=1S/C25H30N2O5S/c1-31-23-9-8-22(18-24(23)32-2)33(29,30)27-16-12-21(13-17-27)25(28)26-14-10-20(11-15-26)19-6-4-3-5-7-19/h3-10,18,21H,11-17H2,1-2H3. The smallest absolute Gasteiger partial charge is 0.243 e. The number of sulfonamides is 1. The lowest BCUT2D eigenvalue weighted by atomic mass is 9.94. The van der Waals surface area contributed by atoms with Gasteiger partial charge in [0.15, 0.2) is 11.5 Å². The van der Waals surface area contributed by atoms with Gasteiger partial charge in [0.1, 0.15) is 0 Å². The van der Waals surface area contributed by atoms with Gasteiger partial charge in [0, 0.05) is 38.2 Å². The maximum Gasteiger partial charge on any atom is 0.243 e. The van der Waals surface area contributed by atoms with Crippen LogP contribution in [0.3, 0.4) is 0 Å². The summed E-state index contributed by atoms with van der Waals surface area (Å²) in [5, 5.41) is 0. The van der Waals surface area contributed by atoms with E-state index in [0.29, 0.717) is 50.5 Å². The van der Waals surface area contributed by atoms with Gasteiger partial charge in [0.05, 0.1) is 19.1 Å². The monoisotopic (exact) mass is 470 g/mol. The van der Waals surface area contributed by atoms with Gasteiger partial charge in [-0.2, -0.15) is 4.31 Å². The van der Waals surface area contributed by atoms with Crippen molar-refractivity contribution in [2.24, 2.45) is 5.92 Å². The molecule has 2 aliphatic heterocycles. The van der Waals surface area contributed by atoms with Crippen LogP contribution in [0.15, 0.2) is 59.5 Å². The Kier molecular flexibility index (Phi) is 7.05. The number of carbonyl (C=O) groups is 1. The van der Waals surface area contributed by atoms with Crippen LogP contribution in [-0.2, 0) is 14.8 Å². The Balaban J connectivity index is 1.37. The number of carbonyl (C=O) groups excluding carboxylic acids is 1. The van der Waals surface area contributed by atoms with E-state index in [1.54, 1.807) is 6.07 Å². The molecule has 2 heterocycles. The number of benzene rings is 2. The number of ether oxygens (including phenoxy) is 2. The number of hydrogen-bond acceptors (Lipinski definition) is 5. The summed E-state index contributed by atoms with van der Waals surface area (Å²) in [4.78, 5) is 15.1. The molecule has 2 aliphatic rings. The van der Waals surface area contributed by atoms with Crippen LogP contribution in [0.2, 0.25) is 0 Å². The zero-order valence-electron chi connectivity index (χ0n) is 19.1. The summed E-state index contributed by atoms with van der Waals surface area (Å²) in [6.07, 6.45) is 4.02. The minimum absolute atomic E-state index is 0.126. The number of methoxy groups -OCH3 is 2. The Morgan fingerprint density at radius 3 is 2.24 bits per heavy atom. The molecule has 33 heavy (non-hydrogen) atoms. The highest BCUT2D eigenvalue weighted by molar-refractivity contribution is 7.89. The van der Waals surface area contributed by atoms with Crippen molar-refractivity contribution in [1.82, 2.24) is 9.21 Å². The van der Waals surface area contributed by atoms with E-state index in [4.69, 9.17) is 9.47 Å². The Morgan fingerprint density at radius 1 is 0.939 bits per heavy atom. The molecule has 0 saturated carbocycles. The molecule has 0 spiro atoms. The summed E-state index contributed by atoms with van der Waals surface area (Å²) in [7, 11) is -0.684. The lowest BCUT2D eigenvalue weighted by Crippen LogP contribution is -2.45. The van der Waals surface area contributed by atoms with E-state index < -0.39 is 10.0 Å². The van der Waals surface area contributed by atoms with Crippen molar-refractivity contribution >= 4 is 21.5 Å². The second-order valence-electron chi connectivity index (χ2n) is 8.32. The molecule has 0 bridgehead atoms. The van der Waals surface area contributed by atoms with E-state index in [9.17, 15) is 13.2 Å². The fraction of sp³-hybridized carbons (Fsp3) is 0.400. The Hall–Kier alpha value is -2.84. The van der Waals surface area contributed by atoms with Crippen molar-refractivity contribution in [3.8, 4) is 11.5 Å². The minimum Gasteiger partial charge on any atom is -0.493 e. The van der Waals surface area contributed by atoms with Gasteiger partial charge in [0.2, 0.25) is 15.9 Å². The first-order valence-corrected chi connectivity index (χ1v) is 12.6. The predicted octanol–water partition coefficient (Wildman–Crippen LogP) is 3.42. The minimum atomic E-state index is -3.67. The van der Waals surface area contributed by atoms with Gasteiger partial charge < -0.3 is 14.4 Å². The van der Waals surface area contributed by atoms with E-state index in [2.05, 4.69) is 18.2 Å². The van der Waals surface area contributed by atoms with Crippen molar-refractivity contribution in [2.75, 3.05) is 40.4 Å². The summed E-state index contributed by atoms with van der Waals surface area (Å²) in [6.45, 7) is 1.95. The van der Waals surface area contributed by atoms with E-state index in [-0.39, 0.29) is 16.7 Å². The maximum absolute atomic E-state index is 13.1. The van der Waals surface area contributed by atoms with Crippen molar-refractivity contribution in [2.45, 2.75) is 24.2 Å². The molecule has 1 saturated heterocycles. The van der Waals surface area contributed by atoms with E-state index in [1.807, 2.05) is 23.1 Å². The van der Waals surface area contributed by atoms with Crippen molar-refractivity contribution in [3.05, 3.63) is 60.2 Å². The molecule has 0 unspecified atom stereocenters. The van der Waals surface area contributed by atoms with Crippen LogP contribution in [0.1, 0.15) is 24.8 Å². The van der Waals surface area contributed by atoms with Gasteiger partial charge >= 0.3 is 0 Å². The van der Waals surface area contributed by atoms with E-state index in [0.717, 1.165) is 6.42 Å². The number of hydrogen-bond donors (Lipinski definition) is 0. The highest BCUT2D eigenvalue weighted by Crippen LogP contribution is 2.32. The SMILES string of the molecule is COc1ccc(S(=O)(=O)N2CCC(C(=O)N3CC=C(c4ccccc4)CC3)CC2)cc1OC. The van der Waals surface area contributed by atoms with Crippen molar-refractivity contribution in [1.29, 1.82) is 0 Å². The van der Waals surface area contributed by atoms with Crippen LogP contribution in [-0.4, -0.2) is 63.9 Å². The zero-order valence-corrected chi connectivity index (χ0v) is 19.9. The molecule has 0 radical (unpaired) electrons. The molecule has 4 rings (SSSR count). The summed E-state index contributed by atoms with van der Waals surface area (Å²) in [5.41, 5.74) is 2.48. The Morgan fingerprint density at radius 2 is 1.64 bits per heavy atom. The maximum atomic E-state index is 13.1. The summed E-state index contributed by atoms with van der Waals surface area (Å²) < 4.78 is 38.2. The third-order valence-corrected chi connectivity index (χ3v) is 8.36. The first kappa shape index (κ1) is 23.3. The Bertz CT molecular complexity index is 1120. The molecule has 2 aromatic carbocycles. The summed E-state index contributed by atoms with van der Waals surface area (Å²) >= 11 is 0. The van der Waals surface area contributed by atoms with Crippen LogP contribution >= 0.6 is 0 Å². The number of piperidine rings is 1. The highest BCUT2D eigenvalue weighted by Gasteiger charge is 2.34. The van der Waals surface area contributed by atoms with Gasteiger partial charge in [-0.1, -0.05) is 36.4 Å². The van der Waals surface area contributed by atoms with Crippen LogP contribution in [0.4, 0.5) is 0 Å². The van der Waals surface area contributed by atoms with Gasteiger partial charge in [-0.3, -0.25) is 4.79 Å². The molecule has 0 atom stereocenters. The fourth-order valence-electron chi connectivity index (χ4n) is 4.51. The second-order valence-corrected chi connectivity index (χ2v) is 10.3. The zero-order chi connectivity index (χ0) is 23.4. The molecule has 7 nitrogen and oxygen atoms in total. The first-order chi connectivity index (χ1) is 15.9. The van der Waals surface area contributed by atoms with Gasteiger partial charge in [-0.25, -0.2) is 8.42 Å². The van der Waals surface area contributed by atoms with Gasteiger partial charge in [-0.05, 0) is 42.5 Å².